The van der Waals surface area contributed by atoms with E-state index in [9.17, 15) is 13.2 Å². The molecule has 0 bridgehead atoms. The highest BCUT2D eigenvalue weighted by atomic mass is 32.2. The lowest BCUT2D eigenvalue weighted by Gasteiger charge is -2.09. The second-order valence-electron chi connectivity index (χ2n) is 6.03. The Kier molecular flexibility index (Phi) is 5.20. The number of thiophene rings is 1. The summed E-state index contributed by atoms with van der Waals surface area (Å²) in [7, 11) is -3.13. The maximum absolute atomic E-state index is 12.6. The molecule has 1 N–H and O–H groups in total. The van der Waals surface area contributed by atoms with Gasteiger partial charge in [-0.15, -0.1) is 11.3 Å². The van der Waals surface area contributed by atoms with Gasteiger partial charge in [0.15, 0.2) is 9.84 Å². The smallest absolute Gasteiger partial charge is 0.257 e. The molecule has 0 saturated carbocycles. The van der Waals surface area contributed by atoms with Crippen LogP contribution in [0.4, 0.5) is 5.69 Å². The third-order valence-electron chi connectivity index (χ3n) is 3.72. The van der Waals surface area contributed by atoms with E-state index in [1.165, 1.54) is 6.26 Å². The number of benzene rings is 1. The van der Waals surface area contributed by atoms with Gasteiger partial charge in [-0.05, 0) is 48.2 Å². The molecule has 0 aliphatic heterocycles. The number of anilines is 1. The standard InChI is InChI=1S/C19H18N2O3S2/c1-13-16(8-9-17(20-13)18-7-4-10-25-18)19(22)21-15-6-3-5-14(11-15)12-26(2,23)24/h3-11H,12H2,1-2H3,(H,21,22). The van der Waals surface area contributed by atoms with Crippen LogP contribution in [-0.4, -0.2) is 25.6 Å². The molecule has 0 saturated heterocycles. The molecule has 0 spiro atoms. The molecule has 134 valence electrons. The van der Waals surface area contributed by atoms with Crippen LogP contribution in [0.1, 0.15) is 21.6 Å². The summed E-state index contributed by atoms with van der Waals surface area (Å²) in [6.45, 7) is 1.80. The summed E-state index contributed by atoms with van der Waals surface area (Å²) in [6, 6.07) is 14.4. The molecule has 0 fully saturated rings. The number of sulfone groups is 1. The number of hydrogen-bond acceptors (Lipinski definition) is 5. The third kappa shape index (κ3) is 4.56. The van der Waals surface area contributed by atoms with Crippen molar-refractivity contribution in [3.05, 3.63) is 70.7 Å². The quantitative estimate of drug-likeness (QED) is 0.721. The van der Waals surface area contributed by atoms with E-state index in [-0.39, 0.29) is 11.7 Å². The van der Waals surface area contributed by atoms with E-state index in [0.717, 1.165) is 10.6 Å². The van der Waals surface area contributed by atoms with Crippen molar-refractivity contribution in [1.29, 1.82) is 0 Å². The van der Waals surface area contributed by atoms with Gasteiger partial charge >= 0.3 is 0 Å². The Morgan fingerprint density at radius 1 is 1.15 bits per heavy atom. The van der Waals surface area contributed by atoms with E-state index in [2.05, 4.69) is 10.3 Å². The van der Waals surface area contributed by atoms with Gasteiger partial charge in [0.25, 0.3) is 5.91 Å². The van der Waals surface area contributed by atoms with Crippen LogP contribution >= 0.6 is 11.3 Å². The number of carbonyl (C=O) groups is 1. The van der Waals surface area contributed by atoms with Crippen LogP contribution in [0.25, 0.3) is 10.6 Å². The molecular formula is C19H18N2O3S2. The van der Waals surface area contributed by atoms with Crippen LogP contribution in [-0.2, 0) is 15.6 Å². The van der Waals surface area contributed by atoms with Crippen molar-refractivity contribution in [3.8, 4) is 10.6 Å². The van der Waals surface area contributed by atoms with Crippen molar-refractivity contribution in [2.75, 3.05) is 11.6 Å². The average Bonchev–Trinajstić information content (AvgIpc) is 3.07. The Morgan fingerprint density at radius 2 is 1.96 bits per heavy atom. The van der Waals surface area contributed by atoms with Crippen molar-refractivity contribution in [2.24, 2.45) is 0 Å². The summed E-state index contributed by atoms with van der Waals surface area (Å²) in [4.78, 5) is 18.1. The molecule has 26 heavy (non-hydrogen) atoms. The van der Waals surface area contributed by atoms with Crippen molar-refractivity contribution in [3.63, 3.8) is 0 Å². The highest BCUT2D eigenvalue weighted by molar-refractivity contribution is 7.89. The molecular weight excluding hydrogens is 368 g/mol. The van der Waals surface area contributed by atoms with Crippen LogP contribution in [0.3, 0.4) is 0 Å². The number of aryl methyl sites for hydroxylation is 1. The highest BCUT2D eigenvalue weighted by Gasteiger charge is 2.13. The molecule has 0 radical (unpaired) electrons. The molecule has 7 heteroatoms. The predicted octanol–water partition coefficient (Wildman–Crippen LogP) is 3.92. The van der Waals surface area contributed by atoms with Gasteiger partial charge in [0.05, 0.1) is 27.6 Å². The SMILES string of the molecule is Cc1nc(-c2cccs2)ccc1C(=O)Nc1cccc(CS(C)(=O)=O)c1. The summed E-state index contributed by atoms with van der Waals surface area (Å²) in [6.07, 6.45) is 1.18. The average molecular weight is 386 g/mol. The summed E-state index contributed by atoms with van der Waals surface area (Å²) in [5.74, 6) is -0.337. The van der Waals surface area contributed by atoms with Gasteiger partial charge in [0.1, 0.15) is 0 Å². The topological polar surface area (TPSA) is 76.1 Å². The zero-order chi connectivity index (χ0) is 18.7. The number of rotatable bonds is 5. The summed E-state index contributed by atoms with van der Waals surface area (Å²) < 4.78 is 22.9. The van der Waals surface area contributed by atoms with E-state index in [1.807, 2.05) is 23.6 Å². The predicted molar refractivity (Wildman–Crippen MR) is 105 cm³/mol. The molecule has 0 aliphatic carbocycles. The van der Waals surface area contributed by atoms with Gasteiger partial charge in [-0.25, -0.2) is 8.42 Å². The maximum Gasteiger partial charge on any atom is 0.257 e. The second kappa shape index (κ2) is 7.39. The first-order valence-electron chi connectivity index (χ1n) is 7.91. The first-order valence-corrected chi connectivity index (χ1v) is 10.9. The van der Waals surface area contributed by atoms with Crippen LogP contribution in [0.2, 0.25) is 0 Å². The lowest BCUT2D eigenvalue weighted by Crippen LogP contribution is -2.14. The van der Waals surface area contributed by atoms with Gasteiger partial charge in [-0.2, -0.15) is 0 Å². The largest absolute Gasteiger partial charge is 0.322 e. The molecule has 1 amide bonds. The van der Waals surface area contributed by atoms with Crippen LogP contribution in [0.5, 0.6) is 0 Å². The van der Waals surface area contributed by atoms with E-state index in [0.29, 0.717) is 22.5 Å². The number of pyridine rings is 1. The monoisotopic (exact) mass is 386 g/mol. The summed E-state index contributed by atoms with van der Waals surface area (Å²) >= 11 is 1.60. The second-order valence-corrected chi connectivity index (χ2v) is 9.12. The Bertz CT molecular complexity index is 1040. The minimum atomic E-state index is -3.13. The van der Waals surface area contributed by atoms with E-state index in [4.69, 9.17) is 0 Å². The Balaban J connectivity index is 1.79. The lowest BCUT2D eigenvalue weighted by atomic mass is 10.1. The van der Waals surface area contributed by atoms with Gasteiger partial charge < -0.3 is 5.32 Å². The fraction of sp³-hybridized carbons (Fsp3) is 0.158. The van der Waals surface area contributed by atoms with Crippen molar-refractivity contribution in [1.82, 2.24) is 4.98 Å². The number of aromatic nitrogens is 1. The van der Waals surface area contributed by atoms with Crippen LogP contribution in [0, 0.1) is 6.92 Å². The van der Waals surface area contributed by atoms with Crippen molar-refractivity contribution >= 4 is 32.8 Å². The molecule has 2 aromatic heterocycles. The van der Waals surface area contributed by atoms with Crippen LogP contribution < -0.4 is 5.32 Å². The molecule has 0 unspecified atom stereocenters. The van der Waals surface area contributed by atoms with E-state index in [1.54, 1.807) is 48.6 Å². The Morgan fingerprint density at radius 3 is 2.62 bits per heavy atom. The number of carbonyl (C=O) groups excluding carboxylic acids is 1. The van der Waals surface area contributed by atoms with Crippen LogP contribution in [0.15, 0.2) is 53.9 Å². The van der Waals surface area contributed by atoms with E-state index < -0.39 is 9.84 Å². The van der Waals surface area contributed by atoms with Gasteiger partial charge in [0, 0.05) is 11.9 Å². The van der Waals surface area contributed by atoms with Crippen molar-refractivity contribution < 1.29 is 13.2 Å². The number of hydrogen-bond donors (Lipinski definition) is 1. The minimum absolute atomic E-state index is 0.0627. The first-order chi connectivity index (χ1) is 12.3. The number of amides is 1. The molecule has 2 heterocycles. The molecule has 5 nitrogen and oxygen atoms in total. The Labute approximate surface area is 156 Å². The summed E-state index contributed by atoms with van der Waals surface area (Å²) in [5, 5.41) is 4.79. The van der Waals surface area contributed by atoms with Gasteiger partial charge in [-0.3, -0.25) is 9.78 Å². The zero-order valence-corrected chi connectivity index (χ0v) is 16.0. The van der Waals surface area contributed by atoms with Gasteiger partial charge in [-0.1, -0.05) is 18.2 Å². The minimum Gasteiger partial charge on any atom is -0.322 e. The molecule has 1 aromatic carbocycles. The molecule has 0 atom stereocenters. The maximum atomic E-state index is 12.6. The third-order valence-corrected chi connectivity index (χ3v) is 5.47. The molecule has 3 rings (SSSR count). The normalized spacial score (nSPS) is 11.3. The summed E-state index contributed by atoms with van der Waals surface area (Å²) in [5.41, 5.74) is 3.15. The fourth-order valence-electron chi connectivity index (χ4n) is 2.60. The number of nitrogens with one attached hydrogen (secondary N) is 1. The van der Waals surface area contributed by atoms with Crippen molar-refractivity contribution in [2.45, 2.75) is 12.7 Å². The fourth-order valence-corrected chi connectivity index (χ4v) is 4.08. The number of nitrogens with zero attached hydrogens (tertiary/aromatic N) is 1. The first kappa shape index (κ1) is 18.3. The van der Waals surface area contributed by atoms with E-state index >= 15 is 0 Å². The molecule has 3 aromatic rings. The van der Waals surface area contributed by atoms with Gasteiger partial charge in [0.2, 0.25) is 0 Å². The Hall–Kier alpha value is -2.51. The lowest BCUT2D eigenvalue weighted by molar-refractivity contribution is 0.102. The highest BCUT2D eigenvalue weighted by Crippen LogP contribution is 2.24. The molecule has 0 aliphatic rings. The zero-order valence-electron chi connectivity index (χ0n) is 14.4.